The van der Waals surface area contributed by atoms with Crippen LogP contribution in [0.4, 0.5) is 0 Å². The number of fused-ring (bicyclic) bond motifs is 2. The molecule has 2 aliphatic rings. The number of rotatable bonds is 1. The van der Waals surface area contributed by atoms with Gasteiger partial charge >= 0.3 is 0 Å². The average molecular weight is 151 g/mol. The van der Waals surface area contributed by atoms with Crippen molar-refractivity contribution in [1.29, 1.82) is 0 Å². The van der Waals surface area contributed by atoms with Crippen LogP contribution in [0.2, 0.25) is 0 Å². The highest BCUT2D eigenvalue weighted by Crippen LogP contribution is 2.40. The maximum atomic E-state index is 4.56. The summed E-state index contributed by atoms with van der Waals surface area (Å²) in [5.41, 5.74) is 0. The zero-order valence-corrected chi connectivity index (χ0v) is 6.47. The highest BCUT2D eigenvalue weighted by molar-refractivity contribution is 7.78. The summed E-state index contributed by atoms with van der Waals surface area (Å²) in [6.45, 7) is 0. The SMILES string of the molecule is S=C=N[C@H]1C[C@@H]2C=C[C@@H]1C2. The van der Waals surface area contributed by atoms with E-state index in [1.165, 1.54) is 12.8 Å². The summed E-state index contributed by atoms with van der Waals surface area (Å²) in [6.07, 6.45) is 7.07. The second-order valence-corrected chi connectivity index (χ2v) is 3.25. The fourth-order valence-electron chi connectivity index (χ4n) is 1.97. The molecule has 0 heterocycles. The number of nitrogens with zero attached hydrogens (tertiary/aromatic N) is 1. The molecule has 0 unspecified atom stereocenters. The van der Waals surface area contributed by atoms with Gasteiger partial charge in [0.05, 0.1) is 11.2 Å². The Bertz CT molecular complexity index is 215. The molecular formula is C8H9NS. The lowest BCUT2D eigenvalue weighted by Gasteiger charge is -2.09. The van der Waals surface area contributed by atoms with Gasteiger partial charge in [-0.05, 0) is 31.0 Å². The topological polar surface area (TPSA) is 12.4 Å². The van der Waals surface area contributed by atoms with Crippen molar-refractivity contribution in [3.05, 3.63) is 12.2 Å². The molecule has 2 bridgehead atoms. The Labute approximate surface area is 65.8 Å². The van der Waals surface area contributed by atoms with Gasteiger partial charge in [0.15, 0.2) is 0 Å². The number of aliphatic imine (C=N–C) groups is 1. The van der Waals surface area contributed by atoms with Crippen molar-refractivity contribution in [2.75, 3.05) is 0 Å². The van der Waals surface area contributed by atoms with E-state index >= 15 is 0 Å². The molecule has 0 amide bonds. The van der Waals surface area contributed by atoms with Gasteiger partial charge in [0.1, 0.15) is 0 Å². The van der Waals surface area contributed by atoms with Crippen LogP contribution in [-0.2, 0) is 0 Å². The van der Waals surface area contributed by atoms with Crippen LogP contribution in [0.1, 0.15) is 12.8 Å². The molecule has 0 saturated heterocycles. The van der Waals surface area contributed by atoms with E-state index in [0.717, 1.165) is 5.92 Å². The van der Waals surface area contributed by atoms with Crippen molar-refractivity contribution >= 4 is 17.4 Å². The highest BCUT2D eigenvalue weighted by Gasteiger charge is 2.35. The van der Waals surface area contributed by atoms with E-state index in [9.17, 15) is 0 Å². The van der Waals surface area contributed by atoms with Gasteiger partial charge in [-0.1, -0.05) is 12.2 Å². The average Bonchev–Trinajstić information content (AvgIpc) is 2.48. The van der Waals surface area contributed by atoms with Crippen molar-refractivity contribution in [2.45, 2.75) is 18.9 Å². The van der Waals surface area contributed by atoms with Crippen LogP contribution in [0.15, 0.2) is 17.1 Å². The fourth-order valence-corrected chi connectivity index (χ4v) is 2.10. The van der Waals surface area contributed by atoms with Crippen LogP contribution in [0, 0.1) is 11.8 Å². The number of hydrogen-bond donors (Lipinski definition) is 0. The van der Waals surface area contributed by atoms with Crippen LogP contribution in [-0.4, -0.2) is 11.2 Å². The minimum atomic E-state index is 0.465. The minimum absolute atomic E-state index is 0.465. The molecule has 3 atom stereocenters. The summed E-state index contributed by atoms with van der Waals surface area (Å²) in [4.78, 5) is 4.12. The molecule has 0 aliphatic heterocycles. The predicted octanol–water partition coefficient (Wildman–Crippen LogP) is 2.05. The van der Waals surface area contributed by atoms with Crippen LogP contribution in [0.25, 0.3) is 0 Å². The molecular weight excluding hydrogens is 142 g/mol. The lowest BCUT2D eigenvalue weighted by atomic mass is 10.0. The van der Waals surface area contributed by atoms with Crippen molar-refractivity contribution in [1.82, 2.24) is 0 Å². The fraction of sp³-hybridized carbons (Fsp3) is 0.625. The minimum Gasteiger partial charge on any atom is -0.229 e. The summed E-state index contributed by atoms with van der Waals surface area (Å²) in [5, 5.41) is 2.47. The number of thiocarbonyl (C=S) groups is 1. The largest absolute Gasteiger partial charge is 0.229 e. The number of allylic oxidation sites excluding steroid dienone is 1. The van der Waals surface area contributed by atoms with Gasteiger partial charge in [-0.25, -0.2) is 4.99 Å². The van der Waals surface area contributed by atoms with Gasteiger partial charge in [0.25, 0.3) is 0 Å². The molecule has 0 aromatic heterocycles. The second-order valence-electron chi connectivity index (χ2n) is 3.07. The first-order valence-electron chi connectivity index (χ1n) is 3.65. The first-order valence-corrected chi connectivity index (χ1v) is 4.06. The lowest BCUT2D eigenvalue weighted by Crippen LogP contribution is -2.09. The van der Waals surface area contributed by atoms with E-state index in [4.69, 9.17) is 0 Å². The molecule has 0 spiro atoms. The molecule has 0 aromatic carbocycles. The van der Waals surface area contributed by atoms with E-state index in [-0.39, 0.29) is 0 Å². The van der Waals surface area contributed by atoms with Crippen LogP contribution < -0.4 is 0 Å². The zero-order valence-electron chi connectivity index (χ0n) is 5.66. The number of hydrogen-bond acceptors (Lipinski definition) is 2. The molecule has 0 N–H and O–H groups in total. The summed E-state index contributed by atoms with van der Waals surface area (Å²) in [7, 11) is 0. The third-order valence-corrected chi connectivity index (χ3v) is 2.57. The monoisotopic (exact) mass is 151 g/mol. The third kappa shape index (κ3) is 0.845. The quantitative estimate of drug-likeness (QED) is 0.317. The molecule has 0 radical (unpaired) electrons. The smallest absolute Gasteiger partial charge is 0.0671 e. The van der Waals surface area contributed by atoms with Gasteiger partial charge in [-0.2, -0.15) is 0 Å². The Morgan fingerprint density at radius 1 is 1.40 bits per heavy atom. The summed E-state index contributed by atoms with van der Waals surface area (Å²) < 4.78 is 0. The van der Waals surface area contributed by atoms with E-state index in [1.54, 1.807) is 0 Å². The Kier molecular flexibility index (Phi) is 1.44. The predicted molar refractivity (Wildman–Crippen MR) is 44.2 cm³/mol. The molecule has 1 nitrogen and oxygen atoms in total. The Morgan fingerprint density at radius 3 is 2.80 bits per heavy atom. The summed E-state index contributed by atoms with van der Waals surface area (Å²) >= 11 is 4.56. The van der Waals surface area contributed by atoms with Crippen molar-refractivity contribution in [3.8, 4) is 0 Å². The molecule has 52 valence electrons. The van der Waals surface area contributed by atoms with E-state index in [1.807, 2.05) is 0 Å². The van der Waals surface area contributed by atoms with Crippen LogP contribution in [0.3, 0.4) is 0 Å². The van der Waals surface area contributed by atoms with E-state index < -0.39 is 0 Å². The van der Waals surface area contributed by atoms with Crippen molar-refractivity contribution in [3.63, 3.8) is 0 Å². The maximum absolute atomic E-state index is 4.56. The van der Waals surface area contributed by atoms with Gasteiger partial charge < -0.3 is 0 Å². The normalized spacial score (nSPS) is 41.8. The van der Waals surface area contributed by atoms with Crippen LogP contribution in [0.5, 0.6) is 0 Å². The second kappa shape index (κ2) is 2.30. The summed E-state index contributed by atoms with van der Waals surface area (Å²) in [5.74, 6) is 1.47. The van der Waals surface area contributed by atoms with Gasteiger partial charge in [0, 0.05) is 5.92 Å². The van der Waals surface area contributed by atoms with E-state index in [2.05, 4.69) is 34.5 Å². The Morgan fingerprint density at radius 2 is 2.30 bits per heavy atom. The highest BCUT2D eigenvalue weighted by atomic mass is 32.1. The lowest BCUT2D eigenvalue weighted by molar-refractivity contribution is 0.582. The van der Waals surface area contributed by atoms with Gasteiger partial charge in [-0.15, -0.1) is 0 Å². The zero-order chi connectivity index (χ0) is 6.97. The standard InChI is InChI=1S/C8H9NS/c10-5-9-8-4-6-1-2-7(8)3-6/h1-2,6-8H,3-4H2/t6-,7-,8+/m1/s1. The molecule has 2 heteroatoms. The maximum Gasteiger partial charge on any atom is 0.0671 e. The molecule has 2 rings (SSSR count). The van der Waals surface area contributed by atoms with Crippen molar-refractivity contribution in [2.24, 2.45) is 16.8 Å². The molecule has 10 heavy (non-hydrogen) atoms. The number of isothiocyanates is 1. The van der Waals surface area contributed by atoms with Gasteiger partial charge in [-0.3, -0.25) is 0 Å². The first kappa shape index (κ1) is 6.26. The molecule has 1 fully saturated rings. The molecule has 0 aromatic rings. The van der Waals surface area contributed by atoms with Gasteiger partial charge in [0.2, 0.25) is 0 Å². The Hall–Kier alpha value is -0.460. The van der Waals surface area contributed by atoms with Crippen LogP contribution >= 0.6 is 12.2 Å². The first-order chi connectivity index (χ1) is 4.90. The Balaban J connectivity index is 2.16. The summed E-state index contributed by atoms with van der Waals surface area (Å²) in [6, 6.07) is 0.465. The van der Waals surface area contributed by atoms with Crippen molar-refractivity contribution < 1.29 is 0 Å². The molecule has 2 aliphatic carbocycles. The molecule has 1 saturated carbocycles. The van der Waals surface area contributed by atoms with E-state index in [0.29, 0.717) is 12.0 Å². The third-order valence-electron chi connectivity index (χ3n) is 2.46.